The van der Waals surface area contributed by atoms with Gasteiger partial charge in [0.2, 0.25) is 5.91 Å². The summed E-state index contributed by atoms with van der Waals surface area (Å²) in [4.78, 5) is 27.7. The first-order chi connectivity index (χ1) is 16.0. The molecular formula is C27H30N2O4. The number of hydrogen-bond acceptors (Lipinski definition) is 4. The van der Waals surface area contributed by atoms with Crippen LogP contribution in [-0.2, 0) is 4.79 Å². The normalized spacial score (nSPS) is 15.2. The highest BCUT2D eigenvalue weighted by Crippen LogP contribution is 2.26. The van der Waals surface area contributed by atoms with Crippen LogP contribution in [0.25, 0.3) is 10.8 Å². The Hall–Kier alpha value is -3.54. The molecule has 33 heavy (non-hydrogen) atoms. The second-order valence-corrected chi connectivity index (χ2v) is 8.50. The molecule has 1 aliphatic heterocycles. The summed E-state index contributed by atoms with van der Waals surface area (Å²) in [6.45, 7) is 3.10. The number of amides is 2. The monoisotopic (exact) mass is 446 g/mol. The second kappa shape index (κ2) is 9.94. The number of fused-ring (bicyclic) bond motifs is 1. The van der Waals surface area contributed by atoms with Crippen LogP contribution in [0.5, 0.6) is 11.5 Å². The van der Waals surface area contributed by atoms with E-state index in [4.69, 9.17) is 9.47 Å². The summed E-state index contributed by atoms with van der Waals surface area (Å²) in [7, 11) is 3.12. The van der Waals surface area contributed by atoms with E-state index in [0.29, 0.717) is 43.0 Å². The van der Waals surface area contributed by atoms with E-state index in [-0.39, 0.29) is 23.8 Å². The zero-order valence-electron chi connectivity index (χ0n) is 19.3. The highest BCUT2D eigenvalue weighted by Gasteiger charge is 2.29. The summed E-state index contributed by atoms with van der Waals surface area (Å²) >= 11 is 0. The molecule has 3 aromatic carbocycles. The van der Waals surface area contributed by atoms with Gasteiger partial charge >= 0.3 is 0 Å². The topological polar surface area (TPSA) is 67.9 Å². The molecule has 1 N–H and O–H groups in total. The second-order valence-electron chi connectivity index (χ2n) is 8.50. The molecule has 1 saturated heterocycles. The maximum absolute atomic E-state index is 13.0. The summed E-state index contributed by atoms with van der Waals surface area (Å²) in [5.41, 5.74) is 1.61. The lowest BCUT2D eigenvalue weighted by Gasteiger charge is -2.32. The molecule has 0 aromatic heterocycles. The largest absolute Gasteiger partial charge is 0.497 e. The van der Waals surface area contributed by atoms with Gasteiger partial charge in [-0.15, -0.1) is 0 Å². The van der Waals surface area contributed by atoms with Crippen LogP contribution in [0.3, 0.4) is 0 Å². The number of methoxy groups -OCH3 is 2. The van der Waals surface area contributed by atoms with Gasteiger partial charge in [0, 0.05) is 30.6 Å². The summed E-state index contributed by atoms with van der Waals surface area (Å²) in [6, 6.07) is 19.6. The van der Waals surface area contributed by atoms with E-state index in [0.717, 1.165) is 10.9 Å². The van der Waals surface area contributed by atoms with Gasteiger partial charge in [-0.1, -0.05) is 36.4 Å². The van der Waals surface area contributed by atoms with Gasteiger partial charge in [-0.25, -0.2) is 0 Å². The number of likely N-dealkylation sites (tertiary alicyclic amines) is 1. The molecule has 1 fully saturated rings. The Labute approximate surface area is 194 Å². The molecule has 1 aliphatic rings. The van der Waals surface area contributed by atoms with Crippen molar-refractivity contribution in [3.8, 4) is 11.5 Å². The molecule has 1 unspecified atom stereocenters. The Morgan fingerprint density at radius 3 is 2.18 bits per heavy atom. The van der Waals surface area contributed by atoms with Gasteiger partial charge in [0.25, 0.3) is 5.91 Å². The minimum Gasteiger partial charge on any atom is -0.497 e. The van der Waals surface area contributed by atoms with Crippen molar-refractivity contribution in [2.45, 2.75) is 25.8 Å². The number of piperidine rings is 1. The van der Waals surface area contributed by atoms with Gasteiger partial charge in [0.15, 0.2) is 0 Å². The maximum Gasteiger partial charge on any atom is 0.254 e. The number of carbonyl (C=O) groups is 2. The molecule has 1 heterocycles. The van der Waals surface area contributed by atoms with Gasteiger partial charge in [-0.05, 0) is 54.3 Å². The molecular weight excluding hydrogens is 416 g/mol. The van der Waals surface area contributed by atoms with Crippen LogP contribution >= 0.6 is 0 Å². The average Bonchev–Trinajstić information content (AvgIpc) is 2.87. The smallest absolute Gasteiger partial charge is 0.254 e. The Balaban J connectivity index is 1.35. The number of ether oxygens (including phenoxy) is 2. The molecule has 0 radical (unpaired) electrons. The van der Waals surface area contributed by atoms with Gasteiger partial charge in [-0.3, -0.25) is 9.59 Å². The van der Waals surface area contributed by atoms with Crippen LogP contribution in [0.15, 0.2) is 60.7 Å². The number of benzene rings is 3. The SMILES string of the molecule is COc1cc(OC)cc(C(=O)N2CCC(C(=O)NC(C)c3ccc4ccccc4c3)CC2)c1. The van der Waals surface area contributed by atoms with Gasteiger partial charge in [0.1, 0.15) is 11.5 Å². The zero-order valence-corrected chi connectivity index (χ0v) is 19.3. The van der Waals surface area contributed by atoms with Crippen molar-refractivity contribution >= 4 is 22.6 Å². The van der Waals surface area contributed by atoms with Crippen molar-refractivity contribution in [1.82, 2.24) is 10.2 Å². The number of carbonyl (C=O) groups excluding carboxylic acids is 2. The number of hydrogen-bond donors (Lipinski definition) is 1. The standard InChI is InChI=1S/C27H30N2O4/c1-18(21-9-8-19-6-4-5-7-22(19)14-21)28-26(30)20-10-12-29(13-11-20)27(31)23-15-24(32-2)17-25(16-23)33-3/h4-9,14-18,20H,10-13H2,1-3H3,(H,28,30). The van der Waals surface area contributed by atoms with Crippen LogP contribution in [0.4, 0.5) is 0 Å². The van der Waals surface area contributed by atoms with Crippen molar-refractivity contribution in [3.05, 3.63) is 71.8 Å². The minimum atomic E-state index is -0.100. The third-order valence-electron chi connectivity index (χ3n) is 6.38. The van der Waals surface area contributed by atoms with E-state index in [2.05, 4.69) is 35.6 Å². The fourth-order valence-electron chi connectivity index (χ4n) is 4.35. The number of nitrogens with zero attached hydrogens (tertiary/aromatic N) is 1. The molecule has 2 amide bonds. The lowest BCUT2D eigenvalue weighted by atomic mass is 9.94. The first-order valence-corrected chi connectivity index (χ1v) is 11.3. The highest BCUT2D eigenvalue weighted by atomic mass is 16.5. The predicted molar refractivity (Wildman–Crippen MR) is 129 cm³/mol. The van der Waals surface area contributed by atoms with Crippen LogP contribution in [0, 0.1) is 5.92 Å². The van der Waals surface area contributed by atoms with Crippen LogP contribution in [-0.4, -0.2) is 44.0 Å². The van der Waals surface area contributed by atoms with Crippen molar-refractivity contribution in [2.24, 2.45) is 5.92 Å². The van der Waals surface area contributed by atoms with E-state index in [1.807, 2.05) is 19.1 Å². The van der Waals surface area contributed by atoms with Crippen molar-refractivity contribution in [1.29, 1.82) is 0 Å². The van der Waals surface area contributed by atoms with Gasteiger partial charge in [-0.2, -0.15) is 0 Å². The molecule has 0 aliphatic carbocycles. The van der Waals surface area contributed by atoms with E-state index >= 15 is 0 Å². The van der Waals surface area contributed by atoms with Crippen molar-refractivity contribution in [2.75, 3.05) is 27.3 Å². The summed E-state index contributed by atoms with van der Waals surface area (Å²) < 4.78 is 10.6. The summed E-state index contributed by atoms with van der Waals surface area (Å²) in [5.74, 6) is 1.03. The molecule has 4 rings (SSSR count). The molecule has 0 spiro atoms. The Morgan fingerprint density at radius 2 is 1.55 bits per heavy atom. The average molecular weight is 447 g/mol. The number of rotatable bonds is 6. The third-order valence-corrected chi connectivity index (χ3v) is 6.38. The van der Waals surface area contributed by atoms with Gasteiger partial charge in [0.05, 0.1) is 20.3 Å². The lowest BCUT2D eigenvalue weighted by molar-refractivity contribution is -0.126. The summed E-state index contributed by atoms with van der Waals surface area (Å²) in [5, 5.41) is 5.51. The lowest BCUT2D eigenvalue weighted by Crippen LogP contribution is -2.43. The molecule has 6 heteroatoms. The highest BCUT2D eigenvalue weighted by molar-refractivity contribution is 5.95. The van der Waals surface area contributed by atoms with E-state index in [9.17, 15) is 9.59 Å². The zero-order chi connectivity index (χ0) is 23.4. The van der Waals surface area contributed by atoms with Crippen LogP contribution in [0.1, 0.15) is 41.7 Å². The predicted octanol–water partition coefficient (Wildman–Crippen LogP) is 4.59. The summed E-state index contributed by atoms with van der Waals surface area (Å²) in [6.07, 6.45) is 1.28. The molecule has 0 bridgehead atoms. The maximum atomic E-state index is 13.0. The van der Waals surface area contributed by atoms with E-state index < -0.39 is 0 Å². The first-order valence-electron chi connectivity index (χ1n) is 11.3. The molecule has 3 aromatic rings. The Bertz CT molecular complexity index is 1130. The van der Waals surface area contributed by atoms with E-state index in [1.54, 1.807) is 37.3 Å². The molecule has 0 saturated carbocycles. The quantitative estimate of drug-likeness (QED) is 0.602. The molecule has 172 valence electrons. The Morgan fingerprint density at radius 1 is 0.909 bits per heavy atom. The van der Waals surface area contributed by atoms with Crippen molar-refractivity contribution < 1.29 is 19.1 Å². The van der Waals surface area contributed by atoms with Crippen LogP contribution < -0.4 is 14.8 Å². The fourth-order valence-corrected chi connectivity index (χ4v) is 4.35. The third kappa shape index (κ3) is 5.11. The van der Waals surface area contributed by atoms with Gasteiger partial charge < -0.3 is 19.7 Å². The molecule has 6 nitrogen and oxygen atoms in total. The van der Waals surface area contributed by atoms with Crippen molar-refractivity contribution in [3.63, 3.8) is 0 Å². The fraction of sp³-hybridized carbons (Fsp3) is 0.333. The molecule has 1 atom stereocenters. The number of nitrogens with one attached hydrogen (secondary N) is 1. The first kappa shape index (κ1) is 22.6. The minimum absolute atomic E-state index is 0.0470. The van der Waals surface area contributed by atoms with Crippen LogP contribution in [0.2, 0.25) is 0 Å². The Kier molecular flexibility index (Phi) is 6.82. The van der Waals surface area contributed by atoms with E-state index in [1.165, 1.54) is 5.39 Å².